The summed E-state index contributed by atoms with van der Waals surface area (Å²) in [5.74, 6) is 1.21. The molecule has 0 aliphatic heterocycles. The van der Waals surface area contributed by atoms with Crippen molar-refractivity contribution in [3.63, 3.8) is 0 Å². The second-order valence-corrected chi connectivity index (χ2v) is 6.36. The molecule has 0 amide bonds. The summed E-state index contributed by atoms with van der Waals surface area (Å²) < 4.78 is 0. The molecule has 1 aliphatic rings. The minimum atomic E-state index is -0.148. The van der Waals surface area contributed by atoms with E-state index in [2.05, 4.69) is 40.9 Å². The van der Waals surface area contributed by atoms with E-state index in [1.54, 1.807) is 11.3 Å². The first-order chi connectivity index (χ1) is 9.70. The van der Waals surface area contributed by atoms with Crippen LogP contribution in [0.5, 0.6) is 0 Å². The number of nitrogens with zero attached hydrogens (tertiary/aromatic N) is 1. The number of aliphatic hydroxyl groups excluding tert-OH is 1. The number of thiophene rings is 1. The highest BCUT2D eigenvalue weighted by Crippen LogP contribution is 2.24. The second-order valence-electron chi connectivity index (χ2n) is 5.36. The van der Waals surface area contributed by atoms with Crippen molar-refractivity contribution < 1.29 is 5.11 Å². The molecule has 112 valence electrons. The van der Waals surface area contributed by atoms with Crippen LogP contribution in [-0.4, -0.2) is 30.3 Å². The van der Waals surface area contributed by atoms with Gasteiger partial charge in [-0.15, -0.1) is 11.3 Å². The van der Waals surface area contributed by atoms with Gasteiger partial charge in [-0.1, -0.05) is 6.42 Å². The van der Waals surface area contributed by atoms with Crippen molar-refractivity contribution in [2.24, 2.45) is 10.9 Å². The number of aliphatic hydroxyl groups is 1. The van der Waals surface area contributed by atoms with Crippen molar-refractivity contribution in [1.29, 1.82) is 0 Å². The molecule has 1 saturated carbocycles. The Morgan fingerprint density at radius 2 is 2.30 bits per heavy atom. The number of guanidine groups is 1. The van der Waals surface area contributed by atoms with Gasteiger partial charge in [-0.3, -0.25) is 0 Å². The third-order valence-electron chi connectivity index (χ3n) is 3.84. The highest BCUT2D eigenvalue weighted by Gasteiger charge is 2.24. The first kappa shape index (κ1) is 15.3. The lowest BCUT2D eigenvalue weighted by atomic mass is 10.1. The van der Waals surface area contributed by atoms with Crippen LogP contribution in [0.15, 0.2) is 16.4 Å². The van der Waals surface area contributed by atoms with E-state index >= 15 is 0 Å². The van der Waals surface area contributed by atoms with Gasteiger partial charge in [-0.05, 0) is 43.7 Å². The monoisotopic (exact) mass is 295 g/mol. The van der Waals surface area contributed by atoms with Gasteiger partial charge in [0.15, 0.2) is 5.96 Å². The van der Waals surface area contributed by atoms with Crippen LogP contribution in [-0.2, 0) is 6.54 Å². The average Bonchev–Trinajstić information content (AvgIpc) is 3.02. The lowest BCUT2D eigenvalue weighted by molar-refractivity contribution is 0.134. The molecule has 1 fully saturated rings. The summed E-state index contributed by atoms with van der Waals surface area (Å²) in [5, 5.41) is 18.6. The molecular weight excluding hydrogens is 270 g/mol. The Labute approximate surface area is 125 Å². The van der Waals surface area contributed by atoms with Crippen LogP contribution in [0.2, 0.25) is 0 Å². The first-order valence-corrected chi connectivity index (χ1v) is 8.32. The van der Waals surface area contributed by atoms with E-state index in [1.807, 2.05) is 0 Å². The summed E-state index contributed by atoms with van der Waals surface area (Å²) in [5.41, 5.74) is 1.31. The van der Waals surface area contributed by atoms with Crippen molar-refractivity contribution in [1.82, 2.24) is 10.6 Å². The van der Waals surface area contributed by atoms with Crippen molar-refractivity contribution in [2.75, 3.05) is 13.1 Å². The lowest BCUT2D eigenvalue weighted by Crippen LogP contribution is -2.41. The maximum Gasteiger partial charge on any atom is 0.191 e. The molecule has 0 spiro atoms. The van der Waals surface area contributed by atoms with Gasteiger partial charge in [0, 0.05) is 23.9 Å². The number of aryl methyl sites for hydroxylation is 1. The molecule has 1 aliphatic carbocycles. The molecule has 1 aromatic heterocycles. The topological polar surface area (TPSA) is 56.7 Å². The summed E-state index contributed by atoms with van der Waals surface area (Å²) in [4.78, 5) is 5.93. The van der Waals surface area contributed by atoms with E-state index in [-0.39, 0.29) is 6.10 Å². The van der Waals surface area contributed by atoms with Crippen LogP contribution in [0, 0.1) is 12.8 Å². The van der Waals surface area contributed by atoms with Crippen molar-refractivity contribution >= 4 is 17.3 Å². The minimum Gasteiger partial charge on any atom is -0.393 e. The summed E-state index contributed by atoms with van der Waals surface area (Å²) >= 11 is 1.75. The van der Waals surface area contributed by atoms with E-state index in [1.165, 1.54) is 10.4 Å². The molecule has 4 nitrogen and oxygen atoms in total. The number of nitrogens with one attached hydrogen (secondary N) is 2. The molecule has 0 radical (unpaired) electrons. The Bertz CT molecular complexity index is 444. The molecule has 0 saturated heterocycles. The minimum absolute atomic E-state index is 0.148. The molecule has 5 heteroatoms. The predicted octanol–water partition coefficient (Wildman–Crippen LogP) is 2.27. The van der Waals surface area contributed by atoms with E-state index < -0.39 is 0 Å². The summed E-state index contributed by atoms with van der Waals surface area (Å²) in [6.45, 7) is 6.56. The fourth-order valence-electron chi connectivity index (χ4n) is 2.54. The fourth-order valence-corrected chi connectivity index (χ4v) is 3.37. The highest BCUT2D eigenvalue weighted by molar-refractivity contribution is 7.10. The van der Waals surface area contributed by atoms with Gasteiger partial charge in [0.1, 0.15) is 0 Å². The van der Waals surface area contributed by atoms with Crippen LogP contribution in [0.1, 0.15) is 36.6 Å². The zero-order valence-corrected chi connectivity index (χ0v) is 13.2. The molecule has 20 heavy (non-hydrogen) atoms. The van der Waals surface area contributed by atoms with Gasteiger partial charge >= 0.3 is 0 Å². The van der Waals surface area contributed by atoms with Gasteiger partial charge in [-0.2, -0.15) is 0 Å². The number of rotatable bonds is 5. The Balaban J connectivity index is 1.87. The van der Waals surface area contributed by atoms with Crippen LogP contribution >= 0.6 is 11.3 Å². The van der Waals surface area contributed by atoms with Crippen molar-refractivity contribution in [3.05, 3.63) is 21.9 Å². The zero-order chi connectivity index (χ0) is 14.4. The Kier molecular flexibility index (Phi) is 5.86. The normalized spacial score (nSPS) is 23.1. The van der Waals surface area contributed by atoms with Gasteiger partial charge in [-0.25, -0.2) is 4.99 Å². The molecule has 3 N–H and O–H groups in total. The lowest BCUT2D eigenvalue weighted by Gasteiger charge is -2.17. The van der Waals surface area contributed by atoms with E-state index in [4.69, 9.17) is 0 Å². The fraction of sp³-hybridized carbons (Fsp3) is 0.667. The van der Waals surface area contributed by atoms with Gasteiger partial charge in [0.2, 0.25) is 0 Å². The van der Waals surface area contributed by atoms with Crippen LogP contribution < -0.4 is 10.6 Å². The Hall–Kier alpha value is -1.07. The third kappa shape index (κ3) is 4.21. The van der Waals surface area contributed by atoms with Crippen LogP contribution in [0.4, 0.5) is 0 Å². The van der Waals surface area contributed by atoms with Gasteiger partial charge in [0.25, 0.3) is 0 Å². The molecule has 0 aromatic carbocycles. The standard InChI is InChI=1S/C15H25N3OS/c1-3-16-15(17-9-12-5-4-6-13(12)19)18-10-14-11(2)7-8-20-14/h7-8,12-13,19H,3-6,9-10H2,1-2H3,(H2,16,17,18). The zero-order valence-electron chi connectivity index (χ0n) is 12.4. The predicted molar refractivity (Wildman–Crippen MR) is 85.2 cm³/mol. The average molecular weight is 295 g/mol. The second kappa shape index (κ2) is 7.64. The van der Waals surface area contributed by atoms with Gasteiger partial charge in [0.05, 0.1) is 12.6 Å². The molecule has 2 atom stereocenters. The summed E-state index contributed by atoms with van der Waals surface area (Å²) in [6.07, 6.45) is 3.03. The molecule has 2 rings (SSSR count). The quantitative estimate of drug-likeness (QED) is 0.577. The van der Waals surface area contributed by atoms with E-state index in [0.717, 1.165) is 38.3 Å². The molecular formula is C15H25N3OS. The maximum atomic E-state index is 9.85. The number of hydrogen-bond donors (Lipinski definition) is 3. The van der Waals surface area contributed by atoms with Crippen LogP contribution in [0.25, 0.3) is 0 Å². The first-order valence-electron chi connectivity index (χ1n) is 7.44. The summed E-state index contributed by atoms with van der Waals surface area (Å²) in [6, 6.07) is 2.13. The largest absolute Gasteiger partial charge is 0.393 e. The molecule has 1 heterocycles. The van der Waals surface area contributed by atoms with E-state index in [9.17, 15) is 5.11 Å². The Morgan fingerprint density at radius 3 is 2.90 bits per heavy atom. The summed E-state index contributed by atoms with van der Waals surface area (Å²) in [7, 11) is 0. The smallest absolute Gasteiger partial charge is 0.191 e. The number of aliphatic imine (C=N–C) groups is 1. The van der Waals surface area contributed by atoms with Gasteiger partial charge < -0.3 is 15.7 Å². The molecule has 1 aromatic rings. The highest BCUT2D eigenvalue weighted by atomic mass is 32.1. The van der Waals surface area contributed by atoms with Crippen LogP contribution in [0.3, 0.4) is 0 Å². The Morgan fingerprint density at radius 1 is 1.45 bits per heavy atom. The van der Waals surface area contributed by atoms with E-state index in [0.29, 0.717) is 12.5 Å². The maximum absolute atomic E-state index is 9.85. The SMILES string of the molecule is CCNC(=NCc1sccc1C)NCC1CCCC1O. The van der Waals surface area contributed by atoms with Crippen molar-refractivity contribution in [2.45, 2.75) is 45.8 Å². The number of hydrogen-bond acceptors (Lipinski definition) is 3. The molecule has 2 unspecified atom stereocenters. The third-order valence-corrected chi connectivity index (χ3v) is 4.85. The van der Waals surface area contributed by atoms with Crippen molar-refractivity contribution in [3.8, 4) is 0 Å². The molecule has 0 bridgehead atoms.